The van der Waals surface area contributed by atoms with Crippen LogP contribution >= 0.6 is 0 Å². The molecule has 0 aliphatic carbocycles. The number of hydrogen-bond acceptors (Lipinski definition) is 4. The van der Waals surface area contributed by atoms with Gasteiger partial charge in [-0.15, -0.1) is 10.2 Å². The van der Waals surface area contributed by atoms with E-state index in [1.807, 2.05) is 6.07 Å². The third-order valence-electron chi connectivity index (χ3n) is 3.36. The molecule has 2 aromatic carbocycles. The molecule has 0 bridgehead atoms. The fraction of sp³-hybridized carbons (Fsp3) is 0.0556. The number of amides is 1. The smallest absolute Gasteiger partial charge is 0.256 e. The highest BCUT2D eigenvalue weighted by Gasteiger charge is 2.07. The van der Waals surface area contributed by atoms with Crippen molar-refractivity contribution in [1.29, 1.82) is 0 Å². The van der Waals surface area contributed by atoms with Crippen LogP contribution < -0.4 is 10.6 Å². The number of anilines is 2. The van der Waals surface area contributed by atoms with E-state index in [1.165, 1.54) is 6.07 Å². The molecule has 0 atom stereocenters. The molecular weight excluding hydrogens is 307 g/mol. The normalized spacial score (nSPS) is 10.2. The quantitative estimate of drug-likeness (QED) is 0.755. The van der Waals surface area contributed by atoms with Crippen LogP contribution in [-0.2, 0) is 6.54 Å². The first-order valence-corrected chi connectivity index (χ1v) is 7.40. The van der Waals surface area contributed by atoms with Gasteiger partial charge in [-0.25, -0.2) is 4.39 Å². The van der Waals surface area contributed by atoms with Gasteiger partial charge >= 0.3 is 0 Å². The molecule has 1 aromatic heterocycles. The van der Waals surface area contributed by atoms with Gasteiger partial charge in [-0.1, -0.05) is 36.4 Å². The Morgan fingerprint density at radius 2 is 1.54 bits per heavy atom. The summed E-state index contributed by atoms with van der Waals surface area (Å²) >= 11 is 0. The molecule has 6 heteroatoms. The Morgan fingerprint density at radius 3 is 2.25 bits per heavy atom. The molecular formula is C18H15FN4O. The summed E-state index contributed by atoms with van der Waals surface area (Å²) in [7, 11) is 0. The van der Waals surface area contributed by atoms with Crippen LogP contribution in [0.3, 0.4) is 0 Å². The number of carbonyl (C=O) groups is 1. The van der Waals surface area contributed by atoms with E-state index in [2.05, 4.69) is 20.8 Å². The first-order chi connectivity index (χ1) is 11.7. The van der Waals surface area contributed by atoms with Crippen molar-refractivity contribution in [3.05, 3.63) is 83.7 Å². The summed E-state index contributed by atoms with van der Waals surface area (Å²) in [5, 5.41) is 13.6. The van der Waals surface area contributed by atoms with Crippen LogP contribution in [0, 0.1) is 5.82 Å². The lowest BCUT2D eigenvalue weighted by Gasteiger charge is -2.07. The van der Waals surface area contributed by atoms with Crippen molar-refractivity contribution >= 4 is 17.5 Å². The van der Waals surface area contributed by atoms with E-state index in [0.717, 1.165) is 0 Å². The van der Waals surface area contributed by atoms with Crippen molar-refractivity contribution in [1.82, 2.24) is 10.2 Å². The Balaban J connectivity index is 1.59. The van der Waals surface area contributed by atoms with Crippen molar-refractivity contribution in [2.45, 2.75) is 6.54 Å². The first-order valence-electron chi connectivity index (χ1n) is 7.40. The zero-order valence-corrected chi connectivity index (χ0v) is 12.7. The molecule has 3 aromatic rings. The highest BCUT2D eigenvalue weighted by molar-refractivity contribution is 6.03. The van der Waals surface area contributed by atoms with Crippen LogP contribution in [0.2, 0.25) is 0 Å². The SMILES string of the molecule is O=C(Nc1ccc(NCc2ccccc2F)nn1)c1ccccc1. The Kier molecular flexibility index (Phi) is 4.76. The van der Waals surface area contributed by atoms with Gasteiger partial charge in [0, 0.05) is 17.7 Å². The van der Waals surface area contributed by atoms with Gasteiger partial charge in [0.05, 0.1) is 0 Å². The number of rotatable bonds is 5. The summed E-state index contributed by atoms with van der Waals surface area (Å²) in [5.41, 5.74) is 1.09. The number of carbonyl (C=O) groups excluding carboxylic acids is 1. The van der Waals surface area contributed by atoms with Gasteiger partial charge in [0.25, 0.3) is 5.91 Å². The molecule has 2 N–H and O–H groups in total. The van der Waals surface area contributed by atoms with Crippen LogP contribution in [0.4, 0.5) is 16.0 Å². The van der Waals surface area contributed by atoms with Gasteiger partial charge in [-0.3, -0.25) is 4.79 Å². The first kappa shape index (κ1) is 15.6. The van der Waals surface area contributed by atoms with Gasteiger partial charge in [0.15, 0.2) is 5.82 Å². The number of nitrogens with one attached hydrogen (secondary N) is 2. The number of hydrogen-bond donors (Lipinski definition) is 2. The van der Waals surface area contributed by atoms with E-state index in [4.69, 9.17) is 0 Å². The molecule has 0 saturated carbocycles. The molecule has 24 heavy (non-hydrogen) atoms. The van der Waals surface area contributed by atoms with E-state index in [9.17, 15) is 9.18 Å². The predicted molar refractivity (Wildman–Crippen MR) is 90.2 cm³/mol. The number of aromatic nitrogens is 2. The second kappa shape index (κ2) is 7.32. The molecule has 1 amide bonds. The van der Waals surface area contributed by atoms with E-state index >= 15 is 0 Å². The maximum absolute atomic E-state index is 13.5. The average Bonchev–Trinajstić information content (AvgIpc) is 2.63. The van der Waals surface area contributed by atoms with Gasteiger partial charge in [-0.05, 0) is 30.3 Å². The second-order valence-corrected chi connectivity index (χ2v) is 5.07. The standard InChI is InChI=1S/C18H15FN4O/c19-15-9-5-4-8-14(15)12-20-16-10-11-17(23-22-16)21-18(24)13-6-2-1-3-7-13/h1-11H,12H2,(H,20,22)(H,21,23,24). The summed E-state index contributed by atoms with van der Waals surface area (Å²) in [5.74, 6) is 0.318. The Morgan fingerprint density at radius 1 is 0.875 bits per heavy atom. The van der Waals surface area contributed by atoms with E-state index in [1.54, 1.807) is 54.6 Å². The van der Waals surface area contributed by atoms with E-state index < -0.39 is 0 Å². The van der Waals surface area contributed by atoms with E-state index in [-0.39, 0.29) is 11.7 Å². The van der Waals surface area contributed by atoms with Crippen LogP contribution in [0.25, 0.3) is 0 Å². The van der Waals surface area contributed by atoms with Crippen LogP contribution in [0.5, 0.6) is 0 Å². The lowest BCUT2D eigenvalue weighted by molar-refractivity contribution is 0.102. The predicted octanol–water partition coefficient (Wildman–Crippen LogP) is 3.48. The minimum absolute atomic E-state index is 0.253. The molecule has 120 valence electrons. The minimum Gasteiger partial charge on any atom is -0.364 e. The van der Waals surface area contributed by atoms with Gasteiger partial charge in [0.2, 0.25) is 0 Å². The van der Waals surface area contributed by atoms with Crippen molar-refractivity contribution < 1.29 is 9.18 Å². The van der Waals surface area contributed by atoms with Crippen LogP contribution in [-0.4, -0.2) is 16.1 Å². The Bertz CT molecular complexity index is 822. The molecule has 0 aliphatic rings. The number of benzene rings is 2. The highest BCUT2D eigenvalue weighted by atomic mass is 19.1. The summed E-state index contributed by atoms with van der Waals surface area (Å²) in [4.78, 5) is 12.0. The molecule has 0 aliphatic heterocycles. The Labute approximate surface area is 138 Å². The lowest BCUT2D eigenvalue weighted by atomic mass is 10.2. The largest absolute Gasteiger partial charge is 0.364 e. The summed E-state index contributed by atoms with van der Waals surface area (Å²) in [6.45, 7) is 0.303. The fourth-order valence-corrected chi connectivity index (χ4v) is 2.10. The third-order valence-corrected chi connectivity index (χ3v) is 3.36. The van der Waals surface area contributed by atoms with Gasteiger partial charge < -0.3 is 10.6 Å². The van der Waals surface area contributed by atoms with Gasteiger partial charge in [-0.2, -0.15) is 0 Å². The Hall–Kier alpha value is -3.28. The average molecular weight is 322 g/mol. The molecule has 1 heterocycles. The van der Waals surface area contributed by atoms with Crippen molar-refractivity contribution in [2.75, 3.05) is 10.6 Å². The van der Waals surface area contributed by atoms with Crippen molar-refractivity contribution in [3.63, 3.8) is 0 Å². The zero-order chi connectivity index (χ0) is 16.8. The number of halogens is 1. The maximum Gasteiger partial charge on any atom is 0.256 e. The fourth-order valence-electron chi connectivity index (χ4n) is 2.10. The number of nitrogens with zero attached hydrogens (tertiary/aromatic N) is 2. The van der Waals surface area contributed by atoms with Crippen molar-refractivity contribution in [3.8, 4) is 0 Å². The topological polar surface area (TPSA) is 66.9 Å². The van der Waals surface area contributed by atoms with Gasteiger partial charge in [0.1, 0.15) is 11.6 Å². The van der Waals surface area contributed by atoms with Crippen molar-refractivity contribution in [2.24, 2.45) is 0 Å². The molecule has 5 nitrogen and oxygen atoms in total. The molecule has 0 unspecified atom stereocenters. The second-order valence-electron chi connectivity index (χ2n) is 5.07. The monoisotopic (exact) mass is 322 g/mol. The van der Waals surface area contributed by atoms with Crippen LogP contribution in [0.1, 0.15) is 15.9 Å². The minimum atomic E-state index is -0.273. The summed E-state index contributed by atoms with van der Waals surface area (Å²) < 4.78 is 13.5. The van der Waals surface area contributed by atoms with E-state index in [0.29, 0.717) is 29.3 Å². The third kappa shape index (κ3) is 3.92. The summed E-state index contributed by atoms with van der Waals surface area (Å²) in [6, 6.07) is 18.7. The highest BCUT2D eigenvalue weighted by Crippen LogP contribution is 2.11. The van der Waals surface area contributed by atoms with Crippen LogP contribution in [0.15, 0.2) is 66.7 Å². The molecule has 3 rings (SSSR count). The maximum atomic E-state index is 13.5. The zero-order valence-electron chi connectivity index (χ0n) is 12.7. The molecule has 0 radical (unpaired) electrons. The summed E-state index contributed by atoms with van der Waals surface area (Å²) in [6.07, 6.45) is 0. The molecule has 0 saturated heterocycles. The molecule has 0 fully saturated rings. The molecule has 0 spiro atoms. The lowest BCUT2D eigenvalue weighted by Crippen LogP contribution is -2.13.